The van der Waals surface area contributed by atoms with Gasteiger partial charge in [-0.25, -0.2) is 9.97 Å². The van der Waals surface area contributed by atoms with Crippen LogP contribution in [0.2, 0.25) is 0 Å². The van der Waals surface area contributed by atoms with Crippen molar-refractivity contribution in [3.8, 4) is 17.1 Å². The molecule has 2 aliphatic rings. The molecule has 9 nitrogen and oxygen atoms in total. The zero-order chi connectivity index (χ0) is 24.2. The summed E-state index contributed by atoms with van der Waals surface area (Å²) in [5.74, 6) is 2.21. The molecule has 1 fully saturated rings. The molecule has 0 atom stereocenters. The van der Waals surface area contributed by atoms with Crippen LogP contribution >= 0.6 is 0 Å². The lowest BCUT2D eigenvalue weighted by molar-refractivity contribution is -0.123. The van der Waals surface area contributed by atoms with Crippen LogP contribution in [0.3, 0.4) is 0 Å². The van der Waals surface area contributed by atoms with E-state index < -0.39 is 0 Å². The topological polar surface area (TPSA) is 109 Å². The van der Waals surface area contributed by atoms with Gasteiger partial charge in [-0.1, -0.05) is 24.3 Å². The second kappa shape index (κ2) is 10.4. The molecule has 1 aromatic heterocycles. The molecule has 9 heteroatoms. The summed E-state index contributed by atoms with van der Waals surface area (Å²) in [7, 11) is 0. The molecule has 0 radical (unpaired) electrons. The minimum atomic E-state index is -0.158. The third-order valence-electron chi connectivity index (χ3n) is 5.96. The quantitative estimate of drug-likeness (QED) is 0.395. The Morgan fingerprint density at radius 3 is 2.69 bits per heavy atom. The number of hydrogen-bond donors (Lipinski definition) is 4. The first kappa shape index (κ1) is 23.2. The van der Waals surface area contributed by atoms with Gasteiger partial charge in [-0.05, 0) is 43.7 Å². The van der Waals surface area contributed by atoms with E-state index in [9.17, 15) is 4.79 Å². The third kappa shape index (κ3) is 5.59. The molecule has 3 heterocycles. The summed E-state index contributed by atoms with van der Waals surface area (Å²) in [5.41, 5.74) is 11.3. The number of hydrogen-bond acceptors (Lipinski definition) is 8. The number of nitrogens with zero attached hydrogens (tertiary/aromatic N) is 2. The van der Waals surface area contributed by atoms with Crippen LogP contribution < -0.4 is 26.2 Å². The number of aromatic nitrogens is 2. The molecule has 0 spiro atoms. The maximum atomic E-state index is 11.9. The standard InChI is InChI=1S/C26H30N6O3/c1-16(2)29-24(33)15-35-21-5-3-4-18(10-21)25-31-23-14-34-13-22(23)26(32-25)30-20-8-6-17(7-9-20)19-11-27-28-12-19/h3-10,16,19,27-28H,11-15H2,1-2H3,(H,29,33)(H,30,31,32). The second-order valence-corrected chi connectivity index (χ2v) is 9.06. The average molecular weight is 475 g/mol. The normalized spacial score (nSPS) is 15.3. The Hall–Kier alpha value is -3.53. The average Bonchev–Trinajstić information content (AvgIpc) is 3.56. The summed E-state index contributed by atoms with van der Waals surface area (Å²) in [6.45, 7) is 6.57. The number of anilines is 2. The molecule has 1 saturated heterocycles. The SMILES string of the molecule is CC(C)NC(=O)COc1cccc(-c2nc3c(c(Nc4ccc(C5CNNC5)cc4)n2)COC3)c1. The van der Waals surface area contributed by atoms with E-state index in [1.807, 2.05) is 38.1 Å². The number of hydrazine groups is 1. The van der Waals surface area contributed by atoms with E-state index in [1.54, 1.807) is 0 Å². The lowest BCUT2D eigenvalue weighted by Gasteiger charge is -2.14. The number of ether oxygens (including phenoxy) is 2. The van der Waals surface area contributed by atoms with Crippen molar-refractivity contribution in [1.82, 2.24) is 26.1 Å². The number of fused-ring (bicyclic) bond motifs is 1. The van der Waals surface area contributed by atoms with E-state index in [2.05, 4.69) is 45.8 Å². The highest BCUT2D eigenvalue weighted by molar-refractivity contribution is 5.77. The molecular weight excluding hydrogens is 444 g/mol. The minimum absolute atomic E-state index is 0.0453. The number of amides is 1. The Kier molecular flexibility index (Phi) is 6.89. The first-order chi connectivity index (χ1) is 17.0. The molecule has 4 N–H and O–H groups in total. The number of nitrogens with one attached hydrogen (secondary N) is 4. The van der Waals surface area contributed by atoms with Crippen LogP contribution in [0, 0.1) is 0 Å². The first-order valence-corrected chi connectivity index (χ1v) is 11.9. The molecular formula is C26H30N6O3. The first-order valence-electron chi connectivity index (χ1n) is 11.9. The number of carbonyl (C=O) groups excluding carboxylic acids is 1. The lowest BCUT2D eigenvalue weighted by Crippen LogP contribution is -2.34. The van der Waals surface area contributed by atoms with Gasteiger partial charge in [0.2, 0.25) is 0 Å². The van der Waals surface area contributed by atoms with E-state index in [0.29, 0.717) is 30.7 Å². The molecule has 2 aromatic carbocycles. The number of carbonyl (C=O) groups is 1. The predicted molar refractivity (Wildman–Crippen MR) is 133 cm³/mol. The molecule has 0 bridgehead atoms. The van der Waals surface area contributed by atoms with E-state index in [0.717, 1.165) is 41.4 Å². The zero-order valence-corrected chi connectivity index (χ0v) is 19.9. The van der Waals surface area contributed by atoms with Gasteiger partial charge in [-0.15, -0.1) is 0 Å². The van der Waals surface area contributed by atoms with Gasteiger partial charge in [0.05, 0.1) is 18.9 Å². The van der Waals surface area contributed by atoms with Crippen LogP contribution in [0.25, 0.3) is 11.4 Å². The monoisotopic (exact) mass is 474 g/mol. The molecule has 35 heavy (non-hydrogen) atoms. The fourth-order valence-corrected chi connectivity index (χ4v) is 4.20. The largest absolute Gasteiger partial charge is 0.484 e. The van der Waals surface area contributed by atoms with Gasteiger partial charge >= 0.3 is 0 Å². The molecule has 0 unspecified atom stereocenters. The van der Waals surface area contributed by atoms with Crippen molar-refractivity contribution in [1.29, 1.82) is 0 Å². The summed E-state index contributed by atoms with van der Waals surface area (Å²) in [4.78, 5) is 21.5. The van der Waals surface area contributed by atoms with E-state index in [1.165, 1.54) is 5.56 Å². The molecule has 3 aromatic rings. The van der Waals surface area contributed by atoms with Crippen molar-refractivity contribution < 1.29 is 14.3 Å². The van der Waals surface area contributed by atoms with Gasteiger partial charge in [0.1, 0.15) is 11.6 Å². The van der Waals surface area contributed by atoms with Crippen molar-refractivity contribution in [2.24, 2.45) is 0 Å². The maximum Gasteiger partial charge on any atom is 0.258 e. The van der Waals surface area contributed by atoms with Crippen LogP contribution in [-0.4, -0.2) is 41.6 Å². The van der Waals surface area contributed by atoms with Crippen LogP contribution in [0.1, 0.15) is 36.6 Å². The molecule has 0 saturated carbocycles. The fourth-order valence-electron chi connectivity index (χ4n) is 4.20. The van der Waals surface area contributed by atoms with Gasteiger partial charge in [0.25, 0.3) is 5.91 Å². The number of rotatable bonds is 8. The summed E-state index contributed by atoms with van der Waals surface area (Å²) in [6.07, 6.45) is 0. The molecule has 1 amide bonds. The van der Waals surface area contributed by atoms with Crippen molar-refractivity contribution in [3.05, 3.63) is 65.4 Å². The van der Waals surface area contributed by atoms with Gasteiger partial charge in [0.15, 0.2) is 12.4 Å². The molecule has 5 rings (SSSR count). The Bertz CT molecular complexity index is 1190. The zero-order valence-electron chi connectivity index (χ0n) is 19.9. The Balaban J connectivity index is 1.35. The highest BCUT2D eigenvalue weighted by atomic mass is 16.5. The third-order valence-corrected chi connectivity index (χ3v) is 5.96. The number of benzene rings is 2. The minimum Gasteiger partial charge on any atom is -0.484 e. The van der Waals surface area contributed by atoms with Gasteiger partial charge in [-0.2, -0.15) is 0 Å². The summed E-state index contributed by atoms with van der Waals surface area (Å²) >= 11 is 0. The second-order valence-electron chi connectivity index (χ2n) is 9.06. The smallest absolute Gasteiger partial charge is 0.258 e. The van der Waals surface area contributed by atoms with E-state index in [4.69, 9.17) is 19.4 Å². The van der Waals surface area contributed by atoms with Gasteiger partial charge in [-0.3, -0.25) is 15.6 Å². The Morgan fingerprint density at radius 1 is 1.11 bits per heavy atom. The summed E-state index contributed by atoms with van der Waals surface area (Å²) < 4.78 is 11.4. The molecule has 2 aliphatic heterocycles. The van der Waals surface area contributed by atoms with Crippen molar-refractivity contribution in [3.63, 3.8) is 0 Å². The van der Waals surface area contributed by atoms with Gasteiger partial charge in [0, 0.05) is 41.9 Å². The van der Waals surface area contributed by atoms with Crippen LogP contribution in [0.5, 0.6) is 5.75 Å². The van der Waals surface area contributed by atoms with Gasteiger partial charge < -0.3 is 20.1 Å². The predicted octanol–water partition coefficient (Wildman–Crippen LogP) is 3.01. The van der Waals surface area contributed by atoms with Crippen molar-refractivity contribution in [2.45, 2.75) is 39.0 Å². The van der Waals surface area contributed by atoms with E-state index >= 15 is 0 Å². The van der Waals surface area contributed by atoms with Crippen molar-refractivity contribution >= 4 is 17.4 Å². The summed E-state index contributed by atoms with van der Waals surface area (Å²) in [5, 5.41) is 6.28. The van der Waals surface area contributed by atoms with Crippen LogP contribution in [-0.2, 0) is 22.7 Å². The van der Waals surface area contributed by atoms with Crippen LogP contribution in [0.4, 0.5) is 11.5 Å². The Morgan fingerprint density at radius 2 is 1.91 bits per heavy atom. The highest BCUT2D eigenvalue weighted by Gasteiger charge is 2.21. The van der Waals surface area contributed by atoms with Crippen LogP contribution in [0.15, 0.2) is 48.5 Å². The molecule has 182 valence electrons. The lowest BCUT2D eigenvalue weighted by atomic mass is 10.0. The van der Waals surface area contributed by atoms with Crippen molar-refractivity contribution in [2.75, 3.05) is 25.0 Å². The Labute approximate surface area is 204 Å². The van der Waals surface area contributed by atoms with E-state index in [-0.39, 0.29) is 18.6 Å². The summed E-state index contributed by atoms with van der Waals surface area (Å²) in [6, 6.07) is 16.0. The fraction of sp³-hybridized carbons (Fsp3) is 0.346. The molecule has 0 aliphatic carbocycles. The maximum absolute atomic E-state index is 11.9. The highest BCUT2D eigenvalue weighted by Crippen LogP contribution is 2.31.